The number of aromatic carboxylic acids is 1. The van der Waals surface area contributed by atoms with Crippen LogP contribution in [0.2, 0.25) is 0 Å². The van der Waals surface area contributed by atoms with E-state index in [2.05, 4.69) is 14.9 Å². The second-order valence-corrected chi connectivity index (χ2v) is 6.49. The molecule has 0 saturated heterocycles. The van der Waals surface area contributed by atoms with Gasteiger partial charge in [0.2, 0.25) is 10.0 Å². The first-order chi connectivity index (χ1) is 8.86. The summed E-state index contributed by atoms with van der Waals surface area (Å²) in [6.07, 6.45) is 2.80. The van der Waals surface area contributed by atoms with E-state index in [1.165, 1.54) is 6.92 Å². The van der Waals surface area contributed by atoms with E-state index < -0.39 is 21.7 Å². The van der Waals surface area contributed by atoms with Crippen LogP contribution in [0.5, 0.6) is 0 Å². The number of nitrogens with zero attached hydrogens (tertiary/aromatic N) is 1. The molecule has 8 heteroatoms. The molecule has 0 aliphatic heterocycles. The van der Waals surface area contributed by atoms with Gasteiger partial charge in [0.05, 0.1) is 5.69 Å². The molecule has 3 N–H and O–H groups in total. The van der Waals surface area contributed by atoms with Crippen molar-refractivity contribution in [3.63, 3.8) is 0 Å². The fraction of sp³-hybridized carbons (Fsp3) is 0.636. The van der Waals surface area contributed by atoms with Gasteiger partial charge >= 0.3 is 5.97 Å². The van der Waals surface area contributed by atoms with Crippen LogP contribution in [0.4, 0.5) is 0 Å². The Morgan fingerprint density at radius 3 is 2.84 bits per heavy atom. The number of rotatable bonds is 6. The highest BCUT2D eigenvalue weighted by Gasteiger charge is 2.41. The number of aryl methyl sites for hydroxylation is 1. The fourth-order valence-electron chi connectivity index (χ4n) is 2.23. The second kappa shape index (κ2) is 4.93. The summed E-state index contributed by atoms with van der Waals surface area (Å²) in [4.78, 5) is 10.7. The van der Waals surface area contributed by atoms with Crippen LogP contribution in [0.15, 0.2) is 4.90 Å². The lowest BCUT2D eigenvalue weighted by Crippen LogP contribution is -2.28. The van der Waals surface area contributed by atoms with Crippen molar-refractivity contribution >= 4 is 16.0 Å². The highest BCUT2D eigenvalue weighted by molar-refractivity contribution is 7.89. The summed E-state index contributed by atoms with van der Waals surface area (Å²) in [7, 11) is -3.84. The number of hydrogen-bond acceptors (Lipinski definition) is 4. The quantitative estimate of drug-likeness (QED) is 0.719. The summed E-state index contributed by atoms with van der Waals surface area (Å²) in [5.41, 5.74) is -0.227. The van der Waals surface area contributed by atoms with Gasteiger partial charge in [-0.25, -0.2) is 17.9 Å². The molecule has 1 aromatic rings. The highest BCUT2D eigenvalue weighted by Crippen LogP contribution is 2.36. The summed E-state index contributed by atoms with van der Waals surface area (Å²) in [5.74, 6) is -0.995. The lowest BCUT2D eigenvalue weighted by Gasteiger charge is -2.06. The van der Waals surface area contributed by atoms with Gasteiger partial charge in [0.15, 0.2) is 5.69 Å². The zero-order valence-electron chi connectivity index (χ0n) is 10.8. The van der Waals surface area contributed by atoms with E-state index in [-0.39, 0.29) is 16.6 Å². The van der Waals surface area contributed by atoms with E-state index in [1.807, 2.05) is 6.92 Å². The van der Waals surface area contributed by atoms with Crippen LogP contribution < -0.4 is 4.72 Å². The van der Waals surface area contributed by atoms with Crippen molar-refractivity contribution in [2.24, 2.45) is 5.92 Å². The first kappa shape index (κ1) is 14.0. The summed E-state index contributed by atoms with van der Waals surface area (Å²) < 4.78 is 27.0. The SMILES string of the molecule is CCCC1CC1NS(=O)(=O)c1c(C(=O)O)n[nH]c1C. The Balaban J connectivity index is 2.21. The van der Waals surface area contributed by atoms with E-state index in [0.29, 0.717) is 5.92 Å². The maximum atomic E-state index is 12.2. The first-order valence-corrected chi connectivity index (χ1v) is 7.65. The smallest absolute Gasteiger partial charge is 0.357 e. The van der Waals surface area contributed by atoms with Gasteiger partial charge in [0.1, 0.15) is 4.90 Å². The van der Waals surface area contributed by atoms with Gasteiger partial charge in [-0.05, 0) is 25.7 Å². The lowest BCUT2D eigenvalue weighted by atomic mass is 10.2. The molecular formula is C11H17N3O4S. The molecule has 2 unspecified atom stereocenters. The Kier molecular flexibility index (Phi) is 3.64. The Morgan fingerprint density at radius 1 is 1.58 bits per heavy atom. The number of sulfonamides is 1. The minimum atomic E-state index is -3.84. The topological polar surface area (TPSA) is 112 Å². The Bertz CT molecular complexity index is 593. The number of hydrogen-bond donors (Lipinski definition) is 3. The first-order valence-electron chi connectivity index (χ1n) is 6.17. The summed E-state index contributed by atoms with van der Waals surface area (Å²) in [5, 5.41) is 14.9. The Labute approximate surface area is 111 Å². The van der Waals surface area contributed by atoms with Crippen LogP contribution in [-0.4, -0.2) is 35.7 Å². The highest BCUT2D eigenvalue weighted by atomic mass is 32.2. The van der Waals surface area contributed by atoms with Crippen molar-refractivity contribution in [3.05, 3.63) is 11.4 Å². The van der Waals surface area contributed by atoms with E-state index in [1.54, 1.807) is 0 Å². The van der Waals surface area contributed by atoms with Crippen LogP contribution in [0, 0.1) is 12.8 Å². The summed E-state index contributed by atoms with van der Waals surface area (Å²) in [6.45, 7) is 3.54. The van der Waals surface area contributed by atoms with Gasteiger partial charge in [0, 0.05) is 6.04 Å². The van der Waals surface area contributed by atoms with Crippen LogP contribution >= 0.6 is 0 Å². The molecule has 1 fully saturated rings. The minimum absolute atomic E-state index is 0.0825. The van der Waals surface area contributed by atoms with Crippen LogP contribution in [0.25, 0.3) is 0 Å². The van der Waals surface area contributed by atoms with Gasteiger partial charge in [-0.3, -0.25) is 5.10 Å². The Hall–Kier alpha value is -1.41. The number of H-pyrrole nitrogens is 1. The average molecular weight is 287 g/mol. The van der Waals surface area contributed by atoms with E-state index in [9.17, 15) is 13.2 Å². The summed E-state index contributed by atoms with van der Waals surface area (Å²) >= 11 is 0. The third-order valence-electron chi connectivity index (χ3n) is 3.25. The van der Waals surface area contributed by atoms with E-state index in [4.69, 9.17) is 5.11 Å². The second-order valence-electron chi connectivity index (χ2n) is 4.84. The molecule has 0 bridgehead atoms. The van der Waals surface area contributed by atoms with Crippen LogP contribution in [0.3, 0.4) is 0 Å². The molecule has 1 aliphatic carbocycles. The van der Waals surface area contributed by atoms with Gasteiger partial charge < -0.3 is 5.11 Å². The molecule has 2 atom stereocenters. The maximum absolute atomic E-state index is 12.2. The lowest BCUT2D eigenvalue weighted by molar-refractivity contribution is 0.0686. The number of carbonyl (C=O) groups is 1. The van der Waals surface area contributed by atoms with E-state index >= 15 is 0 Å². The van der Waals surface area contributed by atoms with Gasteiger partial charge in [-0.15, -0.1) is 0 Å². The molecule has 1 aromatic heterocycles. The molecule has 0 radical (unpaired) electrons. The van der Waals surface area contributed by atoms with E-state index in [0.717, 1.165) is 19.3 Å². The third-order valence-corrected chi connectivity index (χ3v) is 4.90. The number of carboxylic acid groups (broad SMARTS) is 1. The zero-order chi connectivity index (χ0) is 14.2. The molecule has 0 spiro atoms. The molecule has 0 amide bonds. The molecule has 19 heavy (non-hydrogen) atoms. The number of aromatic amines is 1. The van der Waals surface area contributed by atoms with Crippen LogP contribution in [0.1, 0.15) is 42.4 Å². The predicted molar refractivity (Wildman–Crippen MR) is 67.4 cm³/mol. The minimum Gasteiger partial charge on any atom is -0.476 e. The van der Waals surface area contributed by atoms with Crippen molar-refractivity contribution in [2.45, 2.75) is 44.0 Å². The zero-order valence-corrected chi connectivity index (χ0v) is 11.6. The molecular weight excluding hydrogens is 270 g/mol. The number of nitrogens with one attached hydrogen (secondary N) is 2. The summed E-state index contributed by atoms with van der Waals surface area (Å²) in [6, 6.07) is -0.0825. The monoisotopic (exact) mass is 287 g/mol. The Morgan fingerprint density at radius 2 is 2.26 bits per heavy atom. The molecule has 106 valence electrons. The van der Waals surface area contributed by atoms with Crippen molar-refractivity contribution in [3.8, 4) is 0 Å². The van der Waals surface area contributed by atoms with Crippen molar-refractivity contribution in [1.29, 1.82) is 0 Å². The molecule has 1 aliphatic rings. The normalized spacial score (nSPS) is 22.4. The van der Waals surface area contributed by atoms with Crippen molar-refractivity contribution in [1.82, 2.24) is 14.9 Å². The largest absolute Gasteiger partial charge is 0.476 e. The maximum Gasteiger partial charge on any atom is 0.357 e. The van der Waals surface area contributed by atoms with Crippen molar-refractivity contribution < 1.29 is 18.3 Å². The molecule has 1 saturated carbocycles. The van der Waals surface area contributed by atoms with Crippen molar-refractivity contribution in [2.75, 3.05) is 0 Å². The fourth-order valence-corrected chi connectivity index (χ4v) is 3.87. The number of aromatic nitrogens is 2. The van der Waals surface area contributed by atoms with Gasteiger partial charge in [-0.2, -0.15) is 5.10 Å². The van der Waals surface area contributed by atoms with Gasteiger partial charge in [-0.1, -0.05) is 13.3 Å². The third kappa shape index (κ3) is 2.79. The molecule has 2 rings (SSSR count). The molecule has 0 aromatic carbocycles. The predicted octanol–water partition coefficient (Wildman–Crippen LogP) is 0.883. The number of carboxylic acids is 1. The van der Waals surface area contributed by atoms with Gasteiger partial charge in [0.25, 0.3) is 0 Å². The van der Waals surface area contributed by atoms with Crippen LogP contribution in [-0.2, 0) is 10.0 Å². The molecule has 7 nitrogen and oxygen atoms in total. The average Bonchev–Trinajstić information content (AvgIpc) is 2.87. The molecule has 1 heterocycles. The standard InChI is InChI=1S/C11H17N3O4S/c1-3-4-7-5-8(7)14-19(17,18)10-6(2)12-13-9(10)11(15)16/h7-8,14H,3-5H2,1-2H3,(H,12,13)(H,15,16).